The van der Waals surface area contributed by atoms with Gasteiger partial charge in [0.05, 0.1) is 19.0 Å². The molecule has 0 aromatic carbocycles. The molecule has 0 radical (unpaired) electrons. The summed E-state index contributed by atoms with van der Waals surface area (Å²) in [4.78, 5) is 21.5. The third kappa shape index (κ3) is 2.83. The molecule has 1 saturated heterocycles. The predicted molar refractivity (Wildman–Crippen MR) is 76.0 cm³/mol. The van der Waals surface area contributed by atoms with Crippen molar-refractivity contribution in [3.63, 3.8) is 0 Å². The van der Waals surface area contributed by atoms with Crippen molar-refractivity contribution >= 4 is 24.6 Å². The van der Waals surface area contributed by atoms with Gasteiger partial charge < -0.3 is 25.0 Å². The van der Waals surface area contributed by atoms with E-state index < -0.39 is 26.0 Å². The third-order valence-electron chi connectivity index (χ3n) is 3.39. The van der Waals surface area contributed by atoms with Gasteiger partial charge in [-0.25, -0.2) is 15.0 Å². The van der Waals surface area contributed by atoms with E-state index in [2.05, 4.69) is 15.0 Å². The van der Waals surface area contributed by atoms with Gasteiger partial charge >= 0.3 is 7.60 Å². The monoisotopic (exact) mass is 329 g/mol. The molecule has 2 aromatic heterocycles. The molecule has 3 heterocycles. The lowest BCUT2D eigenvalue weighted by Gasteiger charge is -2.17. The number of hydrogen-bond donors (Lipinski definition) is 3. The lowest BCUT2D eigenvalue weighted by atomic mass is 10.2. The molecule has 1 unspecified atom stereocenters. The van der Waals surface area contributed by atoms with Crippen LogP contribution in [0.15, 0.2) is 12.7 Å². The molecular formula is C11H16N5O5P. The summed E-state index contributed by atoms with van der Waals surface area (Å²) >= 11 is 0. The predicted octanol–water partition coefficient (Wildman–Crippen LogP) is -0.111. The van der Waals surface area contributed by atoms with E-state index in [0.29, 0.717) is 11.2 Å². The number of nitrogen functional groups attached to an aromatic ring is 1. The fourth-order valence-electron chi connectivity index (χ4n) is 2.48. The van der Waals surface area contributed by atoms with Crippen molar-refractivity contribution in [3.8, 4) is 0 Å². The van der Waals surface area contributed by atoms with Gasteiger partial charge in [0.2, 0.25) is 0 Å². The van der Waals surface area contributed by atoms with Crippen LogP contribution < -0.4 is 5.73 Å². The molecule has 0 amide bonds. The SMILES string of the molecule is CP(=O)(O)O[C@H]1C[C@H](n2cnc3c(N)ncnc32)O[C@@H]1CO. The average molecular weight is 329 g/mol. The number of fused-ring (bicyclic) bond motifs is 1. The van der Waals surface area contributed by atoms with E-state index in [1.807, 2.05) is 0 Å². The van der Waals surface area contributed by atoms with Gasteiger partial charge in [0, 0.05) is 13.1 Å². The maximum atomic E-state index is 11.4. The van der Waals surface area contributed by atoms with Crippen LogP contribution in [0, 0.1) is 0 Å². The molecule has 22 heavy (non-hydrogen) atoms. The van der Waals surface area contributed by atoms with Crippen molar-refractivity contribution in [2.45, 2.75) is 24.9 Å². The Kier molecular flexibility index (Phi) is 3.87. The maximum absolute atomic E-state index is 11.4. The minimum atomic E-state index is -3.69. The Hall–Kier alpha value is -1.58. The summed E-state index contributed by atoms with van der Waals surface area (Å²) in [5.41, 5.74) is 6.66. The first-order valence-corrected chi connectivity index (χ1v) is 8.59. The van der Waals surface area contributed by atoms with E-state index in [1.165, 1.54) is 12.7 Å². The summed E-state index contributed by atoms with van der Waals surface area (Å²) in [7, 11) is -3.69. The number of aliphatic hydroxyl groups is 1. The molecule has 4 atom stereocenters. The zero-order chi connectivity index (χ0) is 15.9. The first-order chi connectivity index (χ1) is 10.4. The van der Waals surface area contributed by atoms with Crippen LogP contribution >= 0.6 is 7.60 Å². The second-order valence-electron chi connectivity index (χ2n) is 5.08. The number of aromatic nitrogens is 4. The van der Waals surface area contributed by atoms with Crippen LogP contribution in [0.4, 0.5) is 5.82 Å². The lowest BCUT2D eigenvalue weighted by molar-refractivity contribution is -0.0402. The second-order valence-corrected chi connectivity index (χ2v) is 6.89. The van der Waals surface area contributed by atoms with Gasteiger partial charge in [-0.15, -0.1) is 0 Å². The second kappa shape index (κ2) is 5.56. The van der Waals surface area contributed by atoms with Crippen LogP contribution in [0.1, 0.15) is 12.6 Å². The Morgan fingerprint density at radius 3 is 3.00 bits per heavy atom. The quantitative estimate of drug-likeness (QED) is 0.654. The van der Waals surface area contributed by atoms with Crippen LogP contribution in [0.5, 0.6) is 0 Å². The minimum absolute atomic E-state index is 0.252. The molecule has 2 aromatic rings. The minimum Gasteiger partial charge on any atom is -0.394 e. The van der Waals surface area contributed by atoms with Gasteiger partial charge in [-0.3, -0.25) is 9.13 Å². The average Bonchev–Trinajstić information content (AvgIpc) is 3.01. The van der Waals surface area contributed by atoms with E-state index >= 15 is 0 Å². The molecular weight excluding hydrogens is 313 g/mol. The molecule has 3 rings (SSSR count). The van der Waals surface area contributed by atoms with Crippen LogP contribution in [0.3, 0.4) is 0 Å². The van der Waals surface area contributed by atoms with E-state index in [1.54, 1.807) is 4.57 Å². The highest BCUT2D eigenvalue weighted by Crippen LogP contribution is 2.44. The molecule has 1 aliphatic heterocycles. The number of aliphatic hydroxyl groups excluding tert-OH is 1. The highest BCUT2D eigenvalue weighted by molar-refractivity contribution is 7.51. The van der Waals surface area contributed by atoms with Crippen LogP contribution in [0.2, 0.25) is 0 Å². The van der Waals surface area contributed by atoms with E-state index in [-0.39, 0.29) is 18.8 Å². The van der Waals surface area contributed by atoms with Crippen molar-refractivity contribution in [1.29, 1.82) is 0 Å². The normalized spacial score (nSPS) is 28.0. The maximum Gasteiger partial charge on any atom is 0.325 e. The summed E-state index contributed by atoms with van der Waals surface area (Å²) < 4.78 is 23.8. The number of nitrogens with two attached hydrogens (primary N) is 1. The highest BCUT2D eigenvalue weighted by Gasteiger charge is 2.40. The summed E-state index contributed by atoms with van der Waals surface area (Å²) in [6, 6.07) is 0. The van der Waals surface area contributed by atoms with Crippen molar-refractivity contribution in [3.05, 3.63) is 12.7 Å². The van der Waals surface area contributed by atoms with Gasteiger partial charge in [0.15, 0.2) is 11.5 Å². The molecule has 1 fully saturated rings. The van der Waals surface area contributed by atoms with Crippen molar-refractivity contribution in [2.24, 2.45) is 0 Å². The van der Waals surface area contributed by atoms with Gasteiger partial charge in [-0.2, -0.15) is 0 Å². The molecule has 10 nitrogen and oxygen atoms in total. The fourth-order valence-corrected chi connectivity index (χ4v) is 3.20. The fraction of sp³-hybridized carbons (Fsp3) is 0.545. The Morgan fingerprint density at radius 1 is 1.55 bits per heavy atom. The van der Waals surface area contributed by atoms with Crippen LogP contribution in [-0.2, 0) is 13.8 Å². The van der Waals surface area contributed by atoms with Gasteiger partial charge in [0.1, 0.15) is 24.2 Å². The largest absolute Gasteiger partial charge is 0.394 e. The number of nitrogens with zero attached hydrogens (tertiary/aromatic N) is 4. The molecule has 0 bridgehead atoms. The molecule has 1 aliphatic rings. The Morgan fingerprint density at radius 2 is 2.32 bits per heavy atom. The standard InChI is InChI=1S/C11H16N5O5P/c1-22(18,19)21-6-2-8(20-7(6)3-17)16-5-15-9-10(12)13-4-14-11(9)16/h4-8,17H,2-3H2,1H3,(H,18,19)(H2,12,13,14)/t6-,7+,8+/m0/s1. The number of ether oxygens (including phenoxy) is 1. The van der Waals surface area contributed by atoms with Gasteiger partial charge in [0.25, 0.3) is 0 Å². The highest BCUT2D eigenvalue weighted by atomic mass is 31.2. The molecule has 4 N–H and O–H groups in total. The summed E-state index contributed by atoms with van der Waals surface area (Å²) in [5, 5.41) is 9.36. The molecule has 0 saturated carbocycles. The van der Waals surface area contributed by atoms with Gasteiger partial charge in [-0.05, 0) is 0 Å². The molecule has 11 heteroatoms. The third-order valence-corrected chi connectivity index (χ3v) is 4.05. The molecule has 120 valence electrons. The smallest absolute Gasteiger partial charge is 0.325 e. The van der Waals surface area contributed by atoms with Crippen LogP contribution in [0.25, 0.3) is 11.2 Å². The first kappa shape index (κ1) is 15.3. The summed E-state index contributed by atoms with van der Waals surface area (Å²) in [6.45, 7) is 0.764. The lowest BCUT2D eigenvalue weighted by Crippen LogP contribution is -2.26. The Bertz CT molecular complexity index is 731. The number of imidazole rings is 1. The topological polar surface area (TPSA) is 146 Å². The summed E-state index contributed by atoms with van der Waals surface area (Å²) in [6.07, 6.45) is 1.15. The number of hydrogen-bond acceptors (Lipinski definition) is 8. The zero-order valence-corrected chi connectivity index (χ0v) is 12.6. The molecule has 0 spiro atoms. The van der Waals surface area contributed by atoms with E-state index in [0.717, 1.165) is 6.66 Å². The Labute approximate surface area is 125 Å². The van der Waals surface area contributed by atoms with Crippen LogP contribution in [-0.4, -0.2) is 55.0 Å². The zero-order valence-electron chi connectivity index (χ0n) is 11.7. The summed E-state index contributed by atoms with van der Waals surface area (Å²) in [5.74, 6) is 0.252. The van der Waals surface area contributed by atoms with Gasteiger partial charge in [-0.1, -0.05) is 0 Å². The van der Waals surface area contributed by atoms with Crippen molar-refractivity contribution < 1.29 is 23.8 Å². The van der Waals surface area contributed by atoms with E-state index in [9.17, 15) is 14.6 Å². The Balaban J connectivity index is 1.89. The number of rotatable bonds is 4. The molecule has 0 aliphatic carbocycles. The van der Waals surface area contributed by atoms with Crippen molar-refractivity contribution in [2.75, 3.05) is 19.0 Å². The van der Waals surface area contributed by atoms with E-state index in [4.69, 9.17) is 15.0 Å². The van der Waals surface area contributed by atoms with Crippen molar-refractivity contribution in [1.82, 2.24) is 19.5 Å². The number of anilines is 1. The first-order valence-electron chi connectivity index (χ1n) is 6.57.